The Morgan fingerprint density at radius 1 is 1.55 bits per heavy atom. The number of hydrogen-bond donors (Lipinski definition) is 2. The van der Waals surface area contributed by atoms with Gasteiger partial charge in [-0.25, -0.2) is 8.42 Å². The minimum atomic E-state index is -3.47. The van der Waals surface area contributed by atoms with Crippen LogP contribution in [0.3, 0.4) is 0 Å². The van der Waals surface area contributed by atoms with Crippen molar-refractivity contribution < 1.29 is 13.2 Å². The van der Waals surface area contributed by atoms with Gasteiger partial charge >= 0.3 is 0 Å². The van der Waals surface area contributed by atoms with E-state index in [1.165, 1.54) is 0 Å². The molecule has 0 amide bonds. The number of carbonyl (C=O) groups excluding carboxylic acids is 1. The molecule has 1 aromatic rings. The lowest BCUT2D eigenvalue weighted by atomic mass is 10.2. The van der Waals surface area contributed by atoms with Crippen molar-refractivity contribution in [3.05, 3.63) is 17.5 Å². The third kappa shape index (κ3) is 2.73. The number of nitrogens with two attached hydrogens (primary N) is 1. The Kier molecular flexibility index (Phi) is 4.19. The lowest BCUT2D eigenvalue weighted by molar-refractivity contribution is 0.0972. The van der Waals surface area contributed by atoms with Crippen LogP contribution in [0.25, 0.3) is 0 Å². The number of nitrogen functional groups attached to an aromatic ring is 1. The molecule has 0 bridgehead atoms. The number of hydrogen-bond acceptors (Lipinski definition) is 6. The summed E-state index contributed by atoms with van der Waals surface area (Å²) in [5.74, 6) is -0.0691. The largest absolute Gasteiger partial charge is 0.396 e. The number of sulfone groups is 1. The number of ketones is 1. The average molecular weight is 314 g/mol. The summed E-state index contributed by atoms with van der Waals surface area (Å²) in [6.07, 6.45) is 3.35. The zero-order valence-electron chi connectivity index (χ0n) is 11.3. The summed E-state index contributed by atoms with van der Waals surface area (Å²) < 4.78 is 24.4. The molecule has 0 atom stereocenters. The van der Waals surface area contributed by atoms with Gasteiger partial charge in [0.25, 0.3) is 0 Å². The fraction of sp³-hybridized carbons (Fsp3) is 0.462. The molecule has 1 heterocycles. The number of carbonyl (C=O) groups is 1. The molecule has 1 aromatic heterocycles. The van der Waals surface area contributed by atoms with E-state index in [0.717, 1.165) is 24.2 Å². The van der Waals surface area contributed by atoms with Gasteiger partial charge in [-0.15, -0.1) is 17.9 Å². The molecule has 3 N–H and O–H groups in total. The molecule has 7 heteroatoms. The van der Waals surface area contributed by atoms with E-state index in [1.807, 2.05) is 0 Å². The van der Waals surface area contributed by atoms with Crippen LogP contribution in [0, 0.1) is 5.92 Å². The first kappa shape index (κ1) is 15.1. The maximum absolute atomic E-state index is 12.2. The van der Waals surface area contributed by atoms with Crippen LogP contribution in [0.5, 0.6) is 0 Å². The van der Waals surface area contributed by atoms with E-state index in [1.54, 1.807) is 13.0 Å². The Morgan fingerprint density at radius 3 is 2.70 bits per heavy atom. The van der Waals surface area contributed by atoms with Gasteiger partial charge in [0.15, 0.2) is 15.6 Å². The van der Waals surface area contributed by atoms with Crippen LogP contribution in [-0.4, -0.2) is 26.5 Å². The lowest BCUT2D eigenvalue weighted by Crippen LogP contribution is -2.10. The van der Waals surface area contributed by atoms with Crippen molar-refractivity contribution >= 4 is 37.6 Å². The molecule has 5 nitrogen and oxygen atoms in total. The molecule has 0 aliphatic heterocycles. The highest BCUT2D eigenvalue weighted by Crippen LogP contribution is 2.44. The van der Waals surface area contributed by atoms with Crippen molar-refractivity contribution in [3.8, 4) is 0 Å². The van der Waals surface area contributed by atoms with Crippen LogP contribution < -0.4 is 11.1 Å². The van der Waals surface area contributed by atoms with Crippen LogP contribution in [0.4, 0.5) is 10.7 Å². The predicted molar refractivity (Wildman–Crippen MR) is 82.2 cm³/mol. The number of anilines is 2. The average Bonchev–Trinajstić information content (AvgIpc) is 3.20. The summed E-state index contributed by atoms with van der Waals surface area (Å²) in [4.78, 5) is 12.6. The Labute approximate surface area is 122 Å². The molecule has 1 fully saturated rings. The van der Waals surface area contributed by atoms with Crippen molar-refractivity contribution in [2.45, 2.75) is 24.7 Å². The van der Waals surface area contributed by atoms with Crippen molar-refractivity contribution in [3.63, 3.8) is 0 Å². The van der Waals surface area contributed by atoms with E-state index in [-0.39, 0.29) is 28.0 Å². The molecule has 0 aromatic carbocycles. The molecular formula is C13H18N2O3S2. The second-order valence-electron chi connectivity index (χ2n) is 4.71. The van der Waals surface area contributed by atoms with Crippen LogP contribution in [0.15, 0.2) is 17.6 Å². The molecule has 0 saturated heterocycles. The van der Waals surface area contributed by atoms with Gasteiger partial charge in [-0.2, -0.15) is 0 Å². The third-order valence-electron chi connectivity index (χ3n) is 3.17. The number of rotatable bonds is 7. The molecule has 0 radical (unpaired) electrons. The highest BCUT2D eigenvalue weighted by Gasteiger charge is 2.36. The second-order valence-corrected chi connectivity index (χ2v) is 7.95. The molecule has 0 unspecified atom stereocenters. The molecular weight excluding hydrogens is 296 g/mol. The molecule has 1 aliphatic rings. The third-order valence-corrected chi connectivity index (χ3v) is 6.28. The quantitative estimate of drug-likeness (QED) is 0.595. The Morgan fingerprint density at radius 2 is 2.20 bits per heavy atom. The van der Waals surface area contributed by atoms with E-state index < -0.39 is 9.84 Å². The highest BCUT2D eigenvalue weighted by molar-refractivity contribution is 7.92. The fourth-order valence-corrected chi connectivity index (χ4v) is 4.57. The maximum atomic E-state index is 12.2. The molecule has 20 heavy (non-hydrogen) atoms. The topological polar surface area (TPSA) is 89.3 Å². The van der Waals surface area contributed by atoms with Gasteiger partial charge in [-0.1, -0.05) is 13.0 Å². The number of nitrogens with one attached hydrogen (secondary N) is 1. The minimum absolute atomic E-state index is 0.0142. The standard InChI is InChI=1S/C13H18N2O3S2/c1-3-7-15-13-12(20(17,18)4-2)9(14)11(19-13)10(16)8-5-6-8/h3,8,15H,1,4-7,14H2,2H3. The van der Waals surface area contributed by atoms with Crippen molar-refractivity contribution in [2.75, 3.05) is 23.3 Å². The van der Waals surface area contributed by atoms with Crippen LogP contribution >= 0.6 is 11.3 Å². The molecule has 0 spiro atoms. The van der Waals surface area contributed by atoms with E-state index in [4.69, 9.17) is 5.73 Å². The fourth-order valence-electron chi connectivity index (χ4n) is 1.88. The molecule has 1 aliphatic carbocycles. The van der Waals surface area contributed by atoms with E-state index in [0.29, 0.717) is 16.4 Å². The number of Topliss-reactive ketones (excluding diaryl/α,β-unsaturated/α-hetero) is 1. The molecule has 1 saturated carbocycles. The van der Waals surface area contributed by atoms with Gasteiger partial charge in [0.2, 0.25) is 0 Å². The zero-order chi connectivity index (χ0) is 14.9. The Bertz CT molecular complexity index is 643. The minimum Gasteiger partial charge on any atom is -0.396 e. The zero-order valence-corrected chi connectivity index (χ0v) is 12.9. The normalized spacial score (nSPS) is 15.1. The first-order chi connectivity index (χ1) is 9.42. The summed E-state index contributed by atoms with van der Waals surface area (Å²) in [6, 6.07) is 0. The first-order valence-electron chi connectivity index (χ1n) is 6.46. The smallest absolute Gasteiger partial charge is 0.183 e. The van der Waals surface area contributed by atoms with Gasteiger partial charge in [-0.05, 0) is 12.8 Å². The van der Waals surface area contributed by atoms with Gasteiger partial charge < -0.3 is 11.1 Å². The Hall–Kier alpha value is -1.34. The monoisotopic (exact) mass is 314 g/mol. The predicted octanol–water partition coefficient (Wildman–Crippen LogP) is 2.31. The summed E-state index contributed by atoms with van der Waals surface area (Å²) in [5.41, 5.74) is 6.05. The molecule has 110 valence electrons. The lowest BCUT2D eigenvalue weighted by Gasteiger charge is -2.06. The van der Waals surface area contributed by atoms with Crippen molar-refractivity contribution in [1.29, 1.82) is 0 Å². The maximum Gasteiger partial charge on any atom is 0.183 e. The van der Waals surface area contributed by atoms with Gasteiger partial charge in [-0.3, -0.25) is 4.79 Å². The van der Waals surface area contributed by atoms with E-state index in [2.05, 4.69) is 11.9 Å². The number of thiophene rings is 1. The Balaban J connectivity index is 2.51. The first-order valence-corrected chi connectivity index (χ1v) is 8.93. The SMILES string of the molecule is C=CCNc1sc(C(=O)C2CC2)c(N)c1S(=O)(=O)CC. The van der Waals surface area contributed by atoms with Crippen LogP contribution in [0.2, 0.25) is 0 Å². The summed E-state index contributed by atoms with van der Waals surface area (Å²) in [7, 11) is -3.47. The van der Waals surface area contributed by atoms with Gasteiger partial charge in [0, 0.05) is 12.5 Å². The summed E-state index contributed by atoms with van der Waals surface area (Å²) >= 11 is 1.13. The van der Waals surface area contributed by atoms with Gasteiger partial charge in [0.1, 0.15) is 9.90 Å². The second kappa shape index (κ2) is 5.57. The van der Waals surface area contributed by atoms with E-state index >= 15 is 0 Å². The van der Waals surface area contributed by atoms with Gasteiger partial charge in [0.05, 0.1) is 16.3 Å². The van der Waals surface area contributed by atoms with Crippen molar-refractivity contribution in [1.82, 2.24) is 0 Å². The molecule has 2 rings (SSSR count). The highest BCUT2D eigenvalue weighted by atomic mass is 32.2. The van der Waals surface area contributed by atoms with Crippen molar-refractivity contribution in [2.24, 2.45) is 5.92 Å². The van der Waals surface area contributed by atoms with E-state index in [9.17, 15) is 13.2 Å². The van der Waals surface area contributed by atoms with Crippen LogP contribution in [0.1, 0.15) is 29.4 Å². The van der Waals surface area contributed by atoms with Crippen LogP contribution in [-0.2, 0) is 9.84 Å². The summed E-state index contributed by atoms with van der Waals surface area (Å²) in [6.45, 7) is 5.57. The summed E-state index contributed by atoms with van der Waals surface area (Å²) in [5, 5.41) is 3.41.